The van der Waals surface area contributed by atoms with E-state index in [1.807, 2.05) is 30.5 Å². The Balaban J connectivity index is 2.18. The Hall–Kier alpha value is -2.76. The largest absolute Gasteiger partial charge is 0.497 e. The topological polar surface area (TPSA) is 69.3 Å². The minimum Gasteiger partial charge on any atom is -0.497 e. The zero-order chi connectivity index (χ0) is 14.8. The van der Waals surface area contributed by atoms with E-state index in [0.29, 0.717) is 11.5 Å². The van der Waals surface area contributed by atoms with Gasteiger partial charge < -0.3 is 19.2 Å². The van der Waals surface area contributed by atoms with Crippen molar-refractivity contribution in [2.24, 2.45) is 0 Å². The van der Waals surface area contributed by atoms with Gasteiger partial charge in [-0.2, -0.15) is 9.97 Å². The Morgan fingerprint density at radius 3 is 2.29 bits per heavy atom. The molecule has 1 aromatic carbocycles. The molecule has 0 saturated heterocycles. The van der Waals surface area contributed by atoms with Crippen LogP contribution >= 0.6 is 0 Å². The lowest BCUT2D eigenvalue weighted by molar-refractivity contribution is 0.357. The molecule has 0 atom stereocenters. The number of hydrogen-bond acceptors (Lipinski definition) is 5. The van der Waals surface area contributed by atoms with Crippen LogP contribution in [0, 0.1) is 0 Å². The molecule has 0 radical (unpaired) electrons. The highest BCUT2D eigenvalue weighted by atomic mass is 16.5. The average molecular weight is 285 g/mol. The number of ether oxygens (including phenoxy) is 3. The summed E-state index contributed by atoms with van der Waals surface area (Å²) in [5.74, 6) is 1.28. The summed E-state index contributed by atoms with van der Waals surface area (Å²) in [6, 6.07) is 8.04. The number of rotatable bonds is 4. The zero-order valence-corrected chi connectivity index (χ0v) is 12.0. The molecule has 0 saturated carbocycles. The molecule has 3 aromatic rings. The number of fused-ring (bicyclic) bond motifs is 1. The number of benzene rings is 1. The van der Waals surface area contributed by atoms with Gasteiger partial charge in [0.15, 0.2) is 0 Å². The number of H-pyrrole nitrogens is 1. The predicted molar refractivity (Wildman–Crippen MR) is 79.0 cm³/mol. The minimum atomic E-state index is 0.266. The lowest BCUT2D eigenvalue weighted by Crippen LogP contribution is -1.96. The summed E-state index contributed by atoms with van der Waals surface area (Å²) in [4.78, 5) is 11.6. The number of nitrogens with zero attached hydrogens (tertiary/aromatic N) is 2. The van der Waals surface area contributed by atoms with Crippen molar-refractivity contribution >= 4 is 11.0 Å². The molecule has 0 spiro atoms. The van der Waals surface area contributed by atoms with Crippen molar-refractivity contribution in [2.75, 3.05) is 21.3 Å². The third kappa shape index (κ3) is 2.24. The molecule has 108 valence electrons. The van der Waals surface area contributed by atoms with Crippen molar-refractivity contribution < 1.29 is 14.2 Å². The Morgan fingerprint density at radius 1 is 0.905 bits per heavy atom. The van der Waals surface area contributed by atoms with E-state index in [1.165, 1.54) is 7.11 Å². The molecule has 1 N–H and O–H groups in total. The van der Waals surface area contributed by atoms with E-state index in [0.717, 1.165) is 22.3 Å². The Kier molecular flexibility index (Phi) is 3.35. The molecule has 0 bridgehead atoms. The maximum atomic E-state index is 5.36. The summed E-state index contributed by atoms with van der Waals surface area (Å²) in [5.41, 5.74) is 2.66. The molecule has 3 rings (SSSR count). The van der Waals surface area contributed by atoms with Gasteiger partial charge in [0.1, 0.15) is 11.4 Å². The molecule has 0 aliphatic heterocycles. The molecule has 0 aliphatic rings. The fourth-order valence-corrected chi connectivity index (χ4v) is 2.22. The molecule has 2 aromatic heterocycles. The fourth-order valence-electron chi connectivity index (χ4n) is 2.22. The summed E-state index contributed by atoms with van der Waals surface area (Å²) in [5, 5.41) is 0.823. The first kappa shape index (κ1) is 13.2. The second-order valence-electron chi connectivity index (χ2n) is 4.37. The van der Waals surface area contributed by atoms with Crippen molar-refractivity contribution in [3.8, 4) is 28.8 Å². The zero-order valence-electron chi connectivity index (χ0n) is 12.0. The van der Waals surface area contributed by atoms with Crippen LogP contribution in [0.5, 0.6) is 17.6 Å². The molecule has 21 heavy (non-hydrogen) atoms. The summed E-state index contributed by atoms with van der Waals surface area (Å²) < 4.78 is 15.6. The van der Waals surface area contributed by atoms with Crippen LogP contribution < -0.4 is 14.2 Å². The van der Waals surface area contributed by atoms with Crippen LogP contribution in [-0.2, 0) is 0 Å². The maximum absolute atomic E-state index is 5.36. The molecular formula is C15H15N3O3. The Bertz CT molecular complexity index is 766. The van der Waals surface area contributed by atoms with E-state index in [-0.39, 0.29) is 6.01 Å². The summed E-state index contributed by atoms with van der Waals surface area (Å²) in [7, 11) is 4.74. The highest BCUT2D eigenvalue weighted by molar-refractivity contribution is 5.97. The molecule has 0 amide bonds. The number of aromatic amines is 1. The van der Waals surface area contributed by atoms with Crippen LogP contribution in [0.25, 0.3) is 22.2 Å². The van der Waals surface area contributed by atoms with Gasteiger partial charge in [0.25, 0.3) is 0 Å². The second-order valence-corrected chi connectivity index (χ2v) is 4.37. The van der Waals surface area contributed by atoms with Crippen molar-refractivity contribution in [1.29, 1.82) is 0 Å². The Morgan fingerprint density at radius 2 is 1.67 bits per heavy atom. The first-order valence-corrected chi connectivity index (χ1v) is 6.38. The normalized spacial score (nSPS) is 10.6. The van der Waals surface area contributed by atoms with E-state index in [1.54, 1.807) is 14.2 Å². The van der Waals surface area contributed by atoms with Crippen molar-refractivity contribution in [2.45, 2.75) is 0 Å². The number of methoxy groups -OCH3 is 3. The lowest BCUT2D eigenvalue weighted by Gasteiger charge is -2.06. The molecule has 6 heteroatoms. The van der Waals surface area contributed by atoms with Gasteiger partial charge >= 0.3 is 6.01 Å². The highest BCUT2D eigenvalue weighted by Gasteiger charge is 2.15. The summed E-state index contributed by atoms with van der Waals surface area (Å²) >= 11 is 0. The highest BCUT2D eigenvalue weighted by Crippen LogP contribution is 2.35. The van der Waals surface area contributed by atoms with E-state index in [9.17, 15) is 0 Å². The maximum Gasteiger partial charge on any atom is 0.321 e. The van der Waals surface area contributed by atoms with Gasteiger partial charge in [-0.05, 0) is 17.7 Å². The first-order valence-electron chi connectivity index (χ1n) is 6.38. The smallest absolute Gasteiger partial charge is 0.321 e. The van der Waals surface area contributed by atoms with Gasteiger partial charge in [-0.3, -0.25) is 0 Å². The van der Waals surface area contributed by atoms with Gasteiger partial charge in [-0.25, -0.2) is 0 Å². The average Bonchev–Trinajstić information content (AvgIpc) is 2.97. The van der Waals surface area contributed by atoms with Crippen LogP contribution in [0.3, 0.4) is 0 Å². The molecule has 2 heterocycles. The van der Waals surface area contributed by atoms with Crippen molar-refractivity contribution in [3.63, 3.8) is 0 Å². The van der Waals surface area contributed by atoms with Crippen LogP contribution in [0.2, 0.25) is 0 Å². The molecule has 0 aliphatic carbocycles. The van der Waals surface area contributed by atoms with Gasteiger partial charge in [0.2, 0.25) is 5.88 Å². The molecule has 0 fully saturated rings. The lowest BCUT2D eigenvalue weighted by atomic mass is 10.1. The molecule has 0 unspecified atom stereocenters. The predicted octanol–water partition coefficient (Wildman–Crippen LogP) is 2.65. The van der Waals surface area contributed by atoms with Gasteiger partial charge in [0.05, 0.1) is 26.7 Å². The van der Waals surface area contributed by atoms with Gasteiger partial charge in [0, 0.05) is 11.8 Å². The van der Waals surface area contributed by atoms with Crippen LogP contribution in [0.1, 0.15) is 0 Å². The Labute approximate surface area is 121 Å². The van der Waals surface area contributed by atoms with E-state index < -0.39 is 0 Å². The second kappa shape index (κ2) is 5.32. The quantitative estimate of drug-likeness (QED) is 0.798. The van der Waals surface area contributed by atoms with Crippen molar-refractivity contribution in [3.05, 3.63) is 30.5 Å². The fraction of sp³-hybridized carbons (Fsp3) is 0.200. The third-order valence-corrected chi connectivity index (χ3v) is 3.25. The van der Waals surface area contributed by atoms with Crippen LogP contribution in [0.15, 0.2) is 30.5 Å². The van der Waals surface area contributed by atoms with Crippen LogP contribution in [-0.4, -0.2) is 36.3 Å². The van der Waals surface area contributed by atoms with Gasteiger partial charge in [-0.15, -0.1) is 0 Å². The monoisotopic (exact) mass is 285 g/mol. The molecular weight excluding hydrogens is 270 g/mol. The number of nitrogens with one attached hydrogen (secondary N) is 1. The standard InChI is InChI=1S/C15H15N3O3/c1-19-10-6-4-9(5-7-10)11-8-16-13-12(11)14(20-2)18-15(17-13)21-3/h4-8H,1-3H3,(H,16,17,18). The first-order chi connectivity index (χ1) is 10.3. The summed E-state index contributed by atoms with van der Waals surface area (Å²) in [6.45, 7) is 0. The summed E-state index contributed by atoms with van der Waals surface area (Å²) in [6.07, 6.45) is 1.88. The van der Waals surface area contributed by atoms with E-state index >= 15 is 0 Å². The van der Waals surface area contributed by atoms with Crippen LogP contribution in [0.4, 0.5) is 0 Å². The van der Waals surface area contributed by atoms with Gasteiger partial charge in [-0.1, -0.05) is 12.1 Å². The van der Waals surface area contributed by atoms with E-state index in [4.69, 9.17) is 14.2 Å². The van der Waals surface area contributed by atoms with E-state index in [2.05, 4.69) is 15.0 Å². The number of aromatic nitrogens is 3. The SMILES string of the molecule is COc1ccc(-c2c[nH]c3nc(OC)nc(OC)c23)cc1. The molecule has 6 nitrogen and oxygen atoms in total. The minimum absolute atomic E-state index is 0.266. The number of hydrogen-bond donors (Lipinski definition) is 1. The third-order valence-electron chi connectivity index (χ3n) is 3.25. The van der Waals surface area contributed by atoms with Crippen molar-refractivity contribution in [1.82, 2.24) is 15.0 Å².